The molecule has 2 aromatic rings. The molecular formula is C17H23N3O. The van der Waals surface area contributed by atoms with Crippen LogP contribution in [-0.2, 0) is 0 Å². The number of ether oxygens (including phenoxy) is 1. The normalized spacial score (nSPS) is 15.3. The van der Waals surface area contributed by atoms with Crippen molar-refractivity contribution in [3.05, 3.63) is 42.2 Å². The van der Waals surface area contributed by atoms with Crippen LogP contribution in [-0.4, -0.2) is 22.7 Å². The van der Waals surface area contributed by atoms with Crippen LogP contribution in [0.25, 0.3) is 0 Å². The molecule has 0 spiro atoms. The molecule has 21 heavy (non-hydrogen) atoms. The number of aromatic nitrogens is 2. The number of hydrogen-bond acceptors (Lipinski definition) is 3. The van der Waals surface area contributed by atoms with Gasteiger partial charge in [0.05, 0.1) is 6.54 Å². The van der Waals surface area contributed by atoms with Crippen LogP contribution in [0.15, 0.2) is 36.7 Å². The van der Waals surface area contributed by atoms with Gasteiger partial charge in [0.25, 0.3) is 0 Å². The van der Waals surface area contributed by atoms with Crippen LogP contribution < -0.4 is 10.1 Å². The predicted octanol–water partition coefficient (Wildman–Crippen LogP) is 3.80. The molecule has 1 aromatic heterocycles. The van der Waals surface area contributed by atoms with E-state index in [2.05, 4.69) is 40.1 Å². The molecule has 4 heteroatoms. The Labute approximate surface area is 126 Å². The zero-order valence-corrected chi connectivity index (χ0v) is 12.6. The zero-order chi connectivity index (χ0) is 14.5. The standard InChI is InChI=1S/C17H23N3O/c1-14-5-4-8-16(13-14)21-12-10-19-17-18-9-11-20(17)15-6-2-3-7-15/h4-5,8-9,11,13,15H,2-3,6-7,10,12H2,1H3,(H,18,19). The summed E-state index contributed by atoms with van der Waals surface area (Å²) in [4.78, 5) is 4.42. The van der Waals surface area contributed by atoms with Crippen LogP contribution in [0, 0.1) is 6.92 Å². The summed E-state index contributed by atoms with van der Waals surface area (Å²) in [5, 5.41) is 3.38. The van der Waals surface area contributed by atoms with Crippen LogP contribution in [0.2, 0.25) is 0 Å². The molecule has 1 aromatic carbocycles. The fourth-order valence-corrected chi connectivity index (χ4v) is 2.96. The lowest BCUT2D eigenvalue weighted by Gasteiger charge is -2.15. The fraction of sp³-hybridized carbons (Fsp3) is 0.471. The van der Waals surface area contributed by atoms with Crippen LogP contribution in [0.5, 0.6) is 5.75 Å². The molecule has 1 aliphatic carbocycles. The average Bonchev–Trinajstić information content (AvgIpc) is 3.14. The first kappa shape index (κ1) is 14.0. The summed E-state index contributed by atoms with van der Waals surface area (Å²) in [5.74, 6) is 1.89. The lowest BCUT2D eigenvalue weighted by molar-refractivity contribution is 0.332. The molecule has 1 N–H and O–H groups in total. The second-order valence-electron chi connectivity index (χ2n) is 5.69. The Balaban J connectivity index is 1.48. The van der Waals surface area contributed by atoms with E-state index in [9.17, 15) is 0 Å². The van der Waals surface area contributed by atoms with Crippen molar-refractivity contribution in [3.63, 3.8) is 0 Å². The van der Waals surface area contributed by atoms with Gasteiger partial charge in [-0.3, -0.25) is 0 Å². The first-order valence-electron chi connectivity index (χ1n) is 7.79. The summed E-state index contributed by atoms with van der Waals surface area (Å²) in [6.45, 7) is 3.47. The average molecular weight is 285 g/mol. The molecule has 1 aliphatic rings. The van der Waals surface area contributed by atoms with Gasteiger partial charge in [0.2, 0.25) is 5.95 Å². The molecule has 0 aliphatic heterocycles. The number of benzene rings is 1. The number of rotatable bonds is 6. The van der Waals surface area contributed by atoms with Gasteiger partial charge in [-0.1, -0.05) is 25.0 Å². The molecule has 3 rings (SSSR count). The molecule has 0 saturated heterocycles. The van der Waals surface area contributed by atoms with Crippen molar-refractivity contribution in [1.82, 2.24) is 9.55 Å². The highest BCUT2D eigenvalue weighted by Crippen LogP contribution is 2.31. The Morgan fingerprint density at radius 1 is 1.33 bits per heavy atom. The highest BCUT2D eigenvalue weighted by atomic mass is 16.5. The zero-order valence-electron chi connectivity index (χ0n) is 12.6. The second-order valence-corrected chi connectivity index (χ2v) is 5.69. The summed E-state index contributed by atoms with van der Waals surface area (Å²) >= 11 is 0. The van der Waals surface area contributed by atoms with Gasteiger partial charge in [0, 0.05) is 18.4 Å². The summed E-state index contributed by atoms with van der Waals surface area (Å²) < 4.78 is 8.03. The maximum Gasteiger partial charge on any atom is 0.203 e. The third-order valence-corrected chi connectivity index (χ3v) is 4.03. The SMILES string of the molecule is Cc1cccc(OCCNc2nccn2C2CCCC2)c1. The molecule has 1 saturated carbocycles. The van der Waals surface area contributed by atoms with Crippen LogP contribution in [0.4, 0.5) is 5.95 Å². The monoisotopic (exact) mass is 285 g/mol. The first-order chi connectivity index (χ1) is 10.3. The van der Waals surface area contributed by atoms with Gasteiger partial charge < -0.3 is 14.6 Å². The fourth-order valence-electron chi connectivity index (χ4n) is 2.96. The van der Waals surface area contributed by atoms with Crippen LogP contribution >= 0.6 is 0 Å². The summed E-state index contributed by atoms with van der Waals surface area (Å²) in [5.41, 5.74) is 1.22. The van der Waals surface area contributed by atoms with Gasteiger partial charge in [0.15, 0.2) is 0 Å². The molecule has 0 atom stereocenters. The molecule has 4 nitrogen and oxygen atoms in total. The van der Waals surface area contributed by atoms with Crippen molar-refractivity contribution in [2.45, 2.75) is 38.6 Å². The highest BCUT2D eigenvalue weighted by molar-refractivity contribution is 5.28. The van der Waals surface area contributed by atoms with E-state index in [-0.39, 0.29) is 0 Å². The topological polar surface area (TPSA) is 39.1 Å². The summed E-state index contributed by atoms with van der Waals surface area (Å²) in [6.07, 6.45) is 9.16. The molecule has 1 fully saturated rings. The third kappa shape index (κ3) is 3.57. The Hall–Kier alpha value is -1.97. The van der Waals surface area contributed by atoms with Gasteiger partial charge in [-0.05, 0) is 37.5 Å². The Bertz CT molecular complexity index is 573. The van der Waals surface area contributed by atoms with Crippen molar-refractivity contribution in [2.75, 3.05) is 18.5 Å². The van der Waals surface area contributed by atoms with Crippen LogP contribution in [0.1, 0.15) is 37.3 Å². The molecule has 0 radical (unpaired) electrons. The number of imidazole rings is 1. The van der Waals surface area contributed by atoms with Crippen molar-refractivity contribution < 1.29 is 4.74 Å². The maximum atomic E-state index is 5.75. The summed E-state index contributed by atoms with van der Waals surface area (Å²) in [7, 11) is 0. The third-order valence-electron chi connectivity index (χ3n) is 4.03. The van der Waals surface area contributed by atoms with E-state index in [0.29, 0.717) is 12.6 Å². The van der Waals surface area contributed by atoms with Gasteiger partial charge in [-0.15, -0.1) is 0 Å². The minimum atomic E-state index is 0.618. The lowest BCUT2D eigenvalue weighted by atomic mass is 10.2. The van der Waals surface area contributed by atoms with Gasteiger partial charge >= 0.3 is 0 Å². The van der Waals surface area contributed by atoms with Crippen molar-refractivity contribution in [3.8, 4) is 5.75 Å². The number of aryl methyl sites for hydroxylation is 1. The van der Waals surface area contributed by atoms with Gasteiger partial charge in [-0.2, -0.15) is 0 Å². The molecule has 0 unspecified atom stereocenters. The van der Waals surface area contributed by atoms with E-state index < -0.39 is 0 Å². The van der Waals surface area contributed by atoms with E-state index in [4.69, 9.17) is 4.74 Å². The van der Waals surface area contributed by atoms with Crippen molar-refractivity contribution in [2.24, 2.45) is 0 Å². The van der Waals surface area contributed by atoms with E-state index in [1.807, 2.05) is 18.3 Å². The molecule has 0 amide bonds. The number of nitrogens with one attached hydrogen (secondary N) is 1. The molecule has 112 valence electrons. The van der Waals surface area contributed by atoms with E-state index in [1.54, 1.807) is 0 Å². The second kappa shape index (κ2) is 6.66. The van der Waals surface area contributed by atoms with E-state index >= 15 is 0 Å². The van der Waals surface area contributed by atoms with Gasteiger partial charge in [0.1, 0.15) is 12.4 Å². The molecular weight excluding hydrogens is 262 g/mol. The van der Waals surface area contributed by atoms with Crippen molar-refractivity contribution >= 4 is 5.95 Å². The number of anilines is 1. The Morgan fingerprint density at radius 2 is 2.19 bits per heavy atom. The first-order valence-corrected chi connectivity index (χ1v) is 7.79. The Kier molecular flexibility index (Phi) is 4.43. The maximum absolute atomic E-state index is 5.75. The minimum absolute atomic E-state index is 0.618. The highest BCUT2D eigenvalue weighted by Gasteiger charge is 2.18. The smallest absolute Gasteiger partial charge is 0.203 e. The minimum Gasteiger partial charge on any atom is -0.492 e. The predicted molar refractivity (Wildman–Crippen MR) is 84.9 cm³/mol. The van der Waals surface area contributed by atoms with E-state index in [0.717, 1.165) is 18.2 Å². The van der Waals surface area contributed by atoms with Crippen molar-refractivity contribution in [1.29, 1.82) is 0 Å². The lowest BCUT2D eigenvalue weighted by Crippen LogP contribution is -2.16. The Morgan fingerprint density at radius 3 is 3.00 bits per heavy atom. The number of hydrogen-bond donors (Lipinski definition) is 1. The quantitative estimate of drug-likeness (QED) is 0.821. The van der Waals surface area contributed by atoms with Crippen LogP contribution in [0.3, 0.4) is 0 Å². The molecule has 0 bridgehead atoms. The molecule has 1 heterocycles. The van der Waals surface area contributed by atoms with Gasteiger partial charge in [-0.25, -0.2) is 4.98 Å². The largest absolute Gasteiger partial charge is 0.492 e. The summed E-state index contributed by atoms with van der Waals surface area (Å²) in [6, 6.07) is 8.76. The number of nitrogens with zero attached hydrogens (tertiary/aromatic N) is 2. The van der Waals surface area contributed by atoms with E-state index in [1.165, 1.54) is 31.2 Å².